The van der Waals surface area contributed by atoms with Crippen molar-refractivity contribution in [2.45, 2.75) is 44.2 Å². The highest BCUT2D eigenvalue weighted by Crippen LogP contribution is 2.31. The molecule has 4 heteroatoms. The smallest absolute Gasteiger partial charge is 0.227 e. The molecule has 25 heavy (non-hydrogen) atoms. The van der Waals surface area contributed by atoms with E-state index in [-0.39, 0.29) is 18.1 Å². The molecule has 0 saturated heterocycles. The van der Waals surface area contributed by atoms with Crippen molar-refractivity contribution in [2.24, 2.45) is 0 Å². The number of carbonyl (C=O) groups excluding carboxylic acids is 1. The molecule has 2 N–H and O–H groups in total. The SMILES string of the molecule is O=C(Cc1ccccc1O)N(Cc1ccccc1)CC1(O)CCCC1. The van der Waals surface area contributed by atoms with Crippen LogP contribution in [0.2, 0.25) is 0 Å². The van der Waals surface area contributed by atoms with Crippen LogP contribution >= 0.6 is 0 Å². The standard InChI is InChI=1S/C21H25NO3/c23-19-11-5-4-10-18(19)14-20(24)22(15-17-8-2-1-3-9-17)16-21(25)12-6-7-13-21/h1-5,8-11,23,25H,6-7,12-16H2. The summed E-state index contributed by atoms with van der Waals surface area (Å²) < 4.78 is 0. The normalized spacial score (nSPS) is 15.9. The van der Waals surface area contributed by atoms with Crippen LogP contribution in [-0.4, -0.2) is 33.2 Å². The van der Waals surface area contributed by atoms with Crippen molar-refractivity contribution in [2.75, 3.05) is 6.54 Å². The fourth-order valence-electron chi connectivity index (χ4n) is 3.52. The molecule has 0 unspecified atom stereocenters. The summed E-state index contributed by atoms with van der Waals surface area (Å²) in [6.45, 7) is 0.809. The van der Waals surface area contributed by atoms with Crippen LogP contribution in [0.15, 0.2) is 54.6 Å². The Labute approximate surface area is 148 Å². The van der Waals surface area contributed by atoms with Gasteiger partial charge in [-0.1, -0.05) is 61.4 Å². The minimum absolute atomic E-state index is 0.0781. The zero-order valence-corrected chi connectivity index (χ0v) is 14.4. The lowest BCUT2D eigenvalue weighted by atomic mass is 10.0. The maximum Gasteiger partial charge on any atom is 0.227 e. The molecule has 1 amide bonds. The summed E-state index contributed by atoms with van der Waals surface area (Å²) in [5, 5.41) is 20.7. The van der Waals surface area contributed by atoms with E-state index in [1.54, 1.807) is 23.1 Å². The van der Waals surface area contributed by atoms with Crippen LogP contribution < -0.4 is 0 Å². The molecule has 4 nitrogen and oxygen atoms in total. The van der Waals surface area contributed by atoms with Gasteiger partial charge in [0.05, 0.1) is 12.0 Å². The van der Waals surface area contributed by atoms with Gasteiger partial charge in [-0.05, 0) is 24.5 Å². The Morgan fingerprint density at radius 1 is 1.00 bits per heavy atom. The van der Waals surface area contributed by atoms with Crippen molar-refractivity contribution in [3.8, 4) is 5.75 Å². The van der Waals surface area contributed by atoms with Crippen LogP contribution in [0.25, 0.3) is 0 Å². The number of carbonyl (C=O) groups is 1. The summed E-state index contributed by atoms with van der Waals surface area (Å²) in [6, 6.07) is 16.7. The van der Waals surface area contributed by atoms with Crippen molar-refractivity contribution < 1.29 is 15.0 Å². The van der Waals surface area contributed by atoms with Crippen LogP contribution in [0.4, 0.5) is 0 Å². The number of phenols is 1. The maximum atomic E-state index is 12.9. The molecule has 0 aliphatic heterocycles. The van der Waals surface area contributed by atoms with E-state index in [0.29, 0.717) is 18.7 Å². The molecule has 0 aromatic heterocycles. The number of aromatic hydroxyl groups is 1. The molecule has 2 aromatic carbocycles. The largest absolute Gasteiger partial charge is 0.508 e. The van der Waals surface area contributed by atoms with Crippen molar-refractivity contribution in [1.82, 2.24) is 4.90 Å². The fourth-order valence-corrected chi connectivity index (χ4v) is 3.52. The number of hydrogen-bond acceptors (Lipinski definition) is 3. The van der Waals surface area contributed by atoms with E-state index < -0.39 is 5.60 Å². The molecule has 0 heterocycles. The van der Waals surface area contributed by atoms with E-state index in [9.17, 15) is 15.0 Å². The number of amides is 1. The van der Waals surface area contributed by atoms with Gasteiger partial charge in [0.25, 0.3) is 0 Å². The molecule has 0 bridgehead atoms. The van der Waals surface area contributed by atoms with Crippen molar-refractivity contribution in [3.05, 3.63) is 65.7 Å². The molecule has 132 valence electrons. The van der Waals surface area contributed by atoms with E-state index >= 15 is 0 Å². The van der Waals surface area contributed by atoms with E-state index in [2.05, 4.69) is 0 Å². The first-order chi connectivity index (χ1) is 12.1. The Bertz CT molecular complexity index is 708. The lowest BCUT2D eigenvalue weighted by Gasteiger charge is -2.32. The van der Waals surface area contributed by atoms with Gasteiger partial charge in [-0.2, -0.15) is 0 Å². The third kappa shape index (κ3) is 4.60. The van der Waals surface area contributed by atoms with E-state index in [1.165, 1.54) is 0 Å². The maximum absolute atomic E-state index is 12.9. The second kappa shape index (κ2) is 7.70. The molecule has 1 aliphatic rings. The monoisotopic (exact) mass is 339 g/mol. The molecule has 1 fully saturated rings. The summed E-state index contributed by atoms with van der Waals surface area (Å²) in [6.07, 6.45) is 3.62. The van der Waals surface area contributed by atoms with Gasteiger partial charge < -0.3 is 15.1 Å². The summed E-state index contributed by atoms with van der Waals surface area (Å²) in [4.78, 5) is 14.6. The quantitative estimate of drug-likeness (QED) is 0.849. The topological polar surface area (TPSA) is 60.8 Å². The van der Waals surface area contributed by atoms with E-state index in [4.69, 9.17) is 0 Å². The van der Waals surface area contributed by atoms with Crippen LogP contribution in [0.1, 0.15) is 36.8 Å². The third-order valence-corrected chi connectivity index (χ3v) is 4.92. The lowest BCUT2D eigenvalue weighted by molar-refractivity contribution is -0.134. The van der Waals surface area contributed by atoms with Gasteiger partial charge >= 0.3 is 0 Å². The number of phenolic OH excluding ortho intramolecular Hbond substituents is 1. The first-order valence-electron chi connectivity index (χ1n) is 8.87. The number of benzene rings is 2. The lowest BCUT2D eigenvalue weighted by Crippen LogP contribution is -2.44. The average Bonchev–Trinajstić information content (AvgIpc) is 3.03. The predicted molar refractivity (Wildman–Crippen MR) is 97.1 cm³/mol. The third-order valence-electron chi connectivity index (χ3n) is 4.92. The molecule has 3 rings (SSSR count). The Balaban J connectivity index is 1.77. The molecular formula is C21H25NO3. The van der Waals surface area contributed by atoms with Crippen molar-refractivity contribution >= 4 is 5.91 Å². The van der Waals surface area contributed by atoms with Crippen molar-refractivity contribution in [3.63, 3.8) is 0 Å². The highest BCUT2D eigenvalue weighted by atomic mass is 16.3. The van der Waals surface area contributed by atoms with Crippen LogP contribution in [0.3, 0.4) is 0 Å². The van der Waals surface area contributed by atoms with Gasteiger partial charge in [-0.3, -0.25) is 4.79 Å². The molecule has 1 aliphatic carbocycles. The second-order valence-electron chi connectivity index (χ2n) is 6.97. The number of para-hydroxylation sites is 1. The first-order valence-corrected chi connectivity index (χ1v) is 8.87. The molecule has 0 atom stereocenters. The Kier molecular flexibility index (Phi) is 5.39. The Hall–Kier alpha value is -2.33. The van der Waals surface area contributed by atoms with Crippen molar-refractivity contribution in [1.29, 1.82) is 0 Å². The molecule has 1 saturated carbocycles. The molecule has 2 aromatic rings. The first kappa shape index (κ1) is 17.5. The number of nitrogens with zero attached hydrogens (tertiary/aromatic N) is 1. The molecule has 0 radical (unpaired) electrons. The van der Waals surface area contributed by atoms with Gasteiger partial charge in [0.1, 0.15) is 5.75 Å². The fraction of sp³-hybridized carbons (Fsp3) is 0.381. The van der Waals surface area contributed by atoms with Crippen LogP contribution in [-0.2, 0) is 17.8 Å². The highest BCUT2D eigenvalue weighted by molar-refractivity contribution is 5.79. The van der Waals surface area contributed by atoms with Gasteiger partial charge in [0, 0.05) is 18.7 Å². The number of rotatable bonds is 6. The summed E-state index contributed by atoms with van der Waals surface area (Å²) in [5.41, 5.74) is 0.863. The summed E-state index contributed by atoms with van der Waals surface area (Å²) >= 11 is 0. The second-order valence-corrected chi connectivity index (χ2v) is 6.97. The zero-order chi connectivity index (χ0) is 17.7. The summed E-state index contributed by atoms with van der Waals surface area (Å²) in [5.74, 6) is 0.0563. The van der Waals surface area contributed by atoms with Crippen LogP contribution in [0.5, 0.6) is 5.75 Å². The molecular weight excluding hydrogens is 314 g/mol. The van der Waals surface area contributed by atoms with Gasteiger partial charge in [0.15, 0.2) is 0 Å². The van der Waals surface area contributed by atoms with E-state index in [1.807, 2.05) is 36.4 Å². The highest BCUT2D eigenvalue weighted by Gasteiger charge is 2.34. The summed E-state index contributed by atoms with van der Waals surface area (Å²) in [7, 11) is 0. The molecule has 0 spiro atoms. The van der Waals surface area contributed by atoms with Gasteiger partial charge in [-0.15, -0.1) is 0 Å². The van der Waals surface area contributed by atoms with Gasteiger partial charge in [0.2, 0.25) is 5.91 Å². The number of aliphatic hydroxyl groups is 1. The van der Waals surface area contributed by atoms with E-state index in [0.717, 1.165) is 31.2 Å². The Morgan fingerprint density at radius 3 is 2.32 bits per heavy atom. The number of hydrogen-bond donors (Lipinski definition) is 2. The minimum atomic E-state index is -0.789. The Morgan fingerprint density at radius 2 is 1.64 bits per heavy atom. The average molecular weight is 339 g/mol. The minimum Gasteiger partial charge on any atom is -0.508 e. The van der Waals surface area contributed by atoms with Gasteiger partial charge in [-0.25, -0.2) is 0 Å². The van der Waals surface area contributed by atoms with Crippen LogP contribution in [0, 0.1) is 0 Å². The predicted octanol–water partition coefficient (Wildman–Crippen LogP) is 3.27. The zero-order valence-electron chi connectivity index (χ0n) is 14.4.